The van der Waals surface area contributed by atoms with Gasteiger partial charge in [0, 0.05) is 24.9 Å². The number of aliphatic hydroxyl groups excluding tert-OH is 1. The highest BCUT2D eigenvalue weighted by atomic mass is 16.3. The number of rotatable bonds is 4. The highest BCUT2D eigenvalue weighted by Gasteiger charge is 2.24. The number of aromatic nitrogens is 1. The zero-order chi connectivity index (χ0) is 13.8. The molecule has 2 rings (SSSR count). The minimum Gasteiger partial charge on any atom is -0.388 e. The van der Waals surface area contributed by atoms with Gasteiger partial charge >= 0.3 is 0 Å². The van der Waals surface area contributed by atoms with Crippen molar-refractivity contribution < 1.29 is 5.11 Å². The SMILES string of the molecule is Cc1cccc(C)c1C(O)C(CN)c1cccnc1. The van der Waals surface area contributed by atoms with E-state index in [4.69, 9.17) is 5.73 Å². The fourth-order valence-electron chi connectivity index (χ4n) is 2.54. The third kappa shape index (κ3) is 2.83. The second-order valence-electron chi connectivity index (χ2n) is 4.88. The summed E-state index contributed by atoms with van der Waals surface area (Å²) in [6.45, 7) is 4.42. The van der Waals surface area contributed by atoms with Crippen LogP contribution in [0.25, 0.3) is 0 Å². The van der Waals surface area contributed by atoms with Gasteiger partial charge < -0.3 is 10.8 Å². The number of benzene rings is 1. The van der Waals surface area contributed by atoms with Crippen molar-refractivity contribution in [3.8, 4) is 0 Å². The van der Waals surface area contributed by atoms with E-state index in [-0.39, 0.29) is 5.92 Å². The molecule has 3 nitrogen and oxygen atoms in total. The average molecular weight is 256 g/mol. The van der Waals surface area contributed by atoms with Gasteiger partial charge in [-0.05, 0) is 42.2 Å². The van der Waals surface area contributed by atoms with Crippen LogP contribution in [0, 0.1) is 13.8 Å². The van der Waals surface area contributed by atoms with Crippen LogP contribution in [0.1, 0.15) is 34.3 Å². The van der Waals surface area contributed by atoms with E-state index in [2.05, 4.69) is 4.98 Å². The fourth-order valence-corrected chi connectivity index (χ4v) is 2.54. The van der Waals surface area contributed by atoms with Gasteiger partial charge in [-0.25, -0.2) is 0 Å². The summed E-state index contributed by atoms with van der Waals surface area (Å²) in [5.74, 6) is -0.131. The Morgan fingerprint density at radius 1 is 1.16 bits per heavy atom. The van der Waals surface area contributed by atoms with Crippen LogP contribution in [-0.4, -0.2) is 16.6 Å². The molecule has 0 aliphatic rings. The van der Waals surface area contributed by atoms with E-state index in [1.54, 1.807) is 12.4 Å². The molecule has 2 atom stereocenters. The molecule has 3 heteroatoms. The second-order valence-corrected chi connectivity index (χ2v) is 4.88. The number of pyridine rings is 1. The van der Waals surface area contributed by atoms with Crippen LogP contribution in [0.3, 0.4) is 0 Å². The molecule has 100 valence electrons. The van der Waals surface area contributed by atoms with Crippen molar-refractivity contribution in [3.63, 3.8) is 0 Å². The van der Waals surface area contributed by atoms with Crippen molar-refractivity contribution in [1.82, 2.24) is 4.98 Å². The first-order valence-electron chi connectivity index (χ1n) is 6.49. The number of hydrogen-bond acceptors (Lipinski definition) is 3. The number of nitrogens with two attached hydrogens (primary N) is 1. The highest BCUT2D eigenvalue weighted by Crippen LogP contribution is 2.33. The van der Waals surface area contributed by atoms with Crippen LogP contribution in [0.5, 0.6) is 0 Å². The van der Waals surface area contributed by atoms with Crippen LogP contribution >= 0.6 is 0 Å². The third-order valence-electron chi connectivity index (χ3n) is 3.59. The predicted molar refractivity (Wildman–Crippen MR) is 76.9 cm³/mol. The van der Waals surface area contributed by atoms with Gasteiger partial charge in [0.15, 0.2) is 0 Å². The van der Waals surface area contributed by atoms with Gasteiger partial charge in [-0.15, -0.1) is 0 Å². The molecule has 0 radical (unpaired) electrons. The Morgan fingerprint density at radius 3 is 2.37 bits per heavy atom. The molecule has 0 aliphatic heterocycles. The van der Waals surface area contributed by atoms with E-state index in [0.29, 0.717) is 6.54 Å². The van der Waals surface area contributed by atoms with Gasteiger partial charge in [0.05, 0.1) is 6.10 Å². The van der Waals surface area contributed by atoms with Gasteiger partial charge in [0.2, 0.25) is 0 Å². The molecule has 0 spiro atoms. The molecule has 1 aromatic heterocycles. The minimum absolute atomic E-state index is 0.131. The third-order valence-corrected chi connectivity index (χ3v) is 3.59. The first-order chi connectivity index (χ1) is 9.15. The number of aryl methyl sites for hydroxylation is 2. The van der Waals surface area contributed by atoms with Gasteiger partial charge in [-0.2, -0.15) is 0 Å². The monoisotopic (exact) mass is 256 g/mol. The predicted octanol–water partition coefficient (Wildman–Crippen LogP) is 2.47. The lowest BCUT2D eigenvalue weighted by atomic mass is 9.86. The van der Waals surface area contributed by atoms with E-state index < -0.39 is 6.10 Å². The fraction of sp³-hybridized carbons (Fsp3) is 0.312. The molecule has 0 saturated carbocycles. The summed E-state index contributed by atoms with van der Waals surface area (Å²) in [4.78, 5) is 4.11. The first kappa shape index (κ1) is 13.7. The number of hydrogen-bond donors (Lipinski definition) is 2. The highest BCUT2D eigenvalue weighted by molar-refractivity contribution is 5.37. The smallest absolute Gasteiger partial charge is 0.0876 e. The quantitative estimate of drug-likeness (QED) is 0.883. The maximum Gasteiger partial charge on any atom is 0.0876 e. The molecule has 0 bridgehead atoms. The van der Waals surface area contributed by atoms with Crippen molar-refractivity contribution in [2.45, 2.75) is 25.9 Å². The molecule has 2 aromatic rings. The summed E-state index contributed by atoms with van der Waals surface area (Å²) in [6, 6.07) is 9.87. The van der Waals surface area contributed by atoms with Crippen molar-refractivity contribution in [2.75, 3.05) is 6.54 Å². The van der Waals surface area contributed by atoms with E-state index in [1.165, 1.54) is 0 Å². The number of aliphatic hydroxyl groups is 1. The zero-order valence-corrected chi connectivity index (χ0v) is 11.4. The maximum atomic E-state index is 10.7. The van der Waals surface area contributed by atoms with Gasteiger partial charge in [-0.3, -0.25) is 4.98 Å². The first-order valence-corrected chi connectivity index (χ1v) is 6.49. The molecule has 1 aromatic carbocycles. The van der Waals surface area contributed by atoms with Crippen molar-refractivity contribution in [1.29, 1.82) is 0 Å². The Bertz CT molecular complexity index is 519. The summed E-state index contributed by atoms with van der Waals surface area (Å²) in [5, 5.41) is 10.7. The average Bonchev–Trinajstić information content (AvgIpc) is 2.40. The number of nitrogens with zero attached hydrogens (tertiary/aromatic N) is 1. The molecule has 0 aliphatic carbocycles. The summed E-state index contributed by atoms with van der Waals surface area (Å²) < 4.78 is 0. The Morgan fingerprint density at radius 2 is 1.84 bits per heavy atom. The molecule has 0 fully saturated rings. The molecular weight excluding hydrogens is 236 g/mol. The molecule has 3 N–H and O–H groups in total. The maximum absolute atomic E-state index is 10.7. The van der Waals surface area contributed by atoms with Crippen LogP contribution < -0.4 is 5.73 Å². The van der Waals surface area contributed by atoms with Gasteiger partial charge in [0.1, 0.15) is 0 Å². The van der Waals surface area contributed by atoms with Gasteiger partial charge in [-0.1, -0.05) is 24.3 Å². The topological polar surface area (TPSA) is 59.1 Å². The minimum atomic E-state index is -0.601. The molecule has 2 unspecified atom stereocenters. The normalized spacial score (nSPS) is 14.1. The summed E-state index contributed by atoms with van der Waals surface area (Å²) in [7, 11) is 0. The van der Waals surface area contributed by atoms with Crippen LogP contribution in [0.4, 0.5) is 0 Å². The molecule has 0 amide bonds. The van der Waals surface area contributed by atoms with Crippen molar-refractivity contribution in [3.05, 3.63) is 65.0 Å². The van der Waals surface area contributed by atoms with E-state index in [0.717, 1.165) is 22.3 Å². The van der Waals surface area contributed by atoms with Crippen LogP contribution in [0.15, 0.2) is 42.7 Å². The van der Waals surface area contributed by atoms with E-state index in [1.807, 2.05) is 44.2 Å². The molecule has 19 heavy (non-hydrogen) atoms. The van der Waals surface area contributed by atoms with Crippen LogP contribution in [-0.2, 0) is 0 Å². The lowest BCUT2D eigenvalue weighted by Gasteiger charge is -2.24. The Labute approximate surface area is 114 Å². The Kier molecular flexibility index (Phi) is 4.30. The molecule has 0 saturated heterocycles. The molecular formula is C16H20N2O. The van der Waals surface area contributed by atoms with E-state index >= 15 is 0 Å². The summed E-state index contributed by atoms with van der Waals surface area (Å²) in [6.07, 6.45) is 2.90. The summed E-state index contributed by atoms with van der Waals surface area (Å²) in [5.41, 5.74) is 9.99. The lowest BCUT2D eigenvalue weighted by Crippen LogP contribution is -2.21. The van der Waals surface area contributed by atoms with Crippen molar-refractivity contribution >= 4 is 0 Å². The summed E-state index contributed by atoms with van der Waals surface area (Å²) >= 11 is 0. The van der Waals surface area contributed by atoms with Gasteiger partial charge in [0.25, 0.3) is 0 Å². The largest absolute Gasteiger partial charge is 0.388 e. The molecule has 1 heterocycles. The van der Waals surface area contributed by atoms with E-state index in [9.17, 15) is 5.11 Å². The second kappa shape index (κ2) is 5.95. The standard InChI is InChI=1S/C16H20N2O/c1-11-5-3-6-12(2)15(11)16(19)14(9-17)13-7-4-8-18-10-13/h3-8,10,14,16,19H,9,17H2,1-2H3. The lowest BCUT2D eigenvalue weighted by molar-refractivity contribution is 0.146. The zero-order valence-electron chi connectivity index (χ0n) is 11.4. The van der Waals surface area contributed by atoms with Crippen LogP contribution in [0.2, 0.25) is 0 Å². The van der Waals surface area contributed by atoms with Crippen molar-refractivity contribution in [2.24, 2.45) is 5.73 Å². The Hall–Kier alpha value is -1.71. The Balaban J connectivity index is 2.39.